The summed E-state index contributed by atoms with van der Waals surface area (Å²) in [4.78, 5) is 0. The van der Waals surface area contributed by atoms with E-state index in [1.165, 1.54) is 0 Å². The average molecular weight is 551 g/mol. The minimum absolute atomic E-state index is 0.627. The molecule has 0 spiro atoms. The van der Waals surface area contributed by atoms with Crippen molar-refractivity contribution in [2.75, 3.05) is 17.1 Å². The van der Waals surface area contributed by atoms with E-state index in [1.54, 1.807) is 7.11 Å². The molecule has 6 heteroatoms. The van der Waals surface area contributed by atoms with Gasteiger partial charge in [0.2, 0.25) is 0 Å². The maximum Gasteiger partial charge on any atom is 0.176 e. The highest BCUT2D eigenvalue weighted by atomic mass is 16.5. The van der Waals surface area contributed by atoms with Crippen LogP contribution in [0.3, 0.4) is 0 Å². The fourth-order valence-corrected chi connectivity index (χ4v) is 4.69. The van der Waals surface area contributed by atoms with Gasteiger partial charge >= 0.3 is 0 Å². The lowest BCUT2D eigenvalue weighted by atomic mass is 10.1. The molecule has 1 heterocycles. The molecular weight excluding hydrogens is 520 g/mol. The Kier molecular flexibility index (Phi) is 7.77. The Bertz CT molecular complexity index is 1740. The molecule has 206 valence electrons. The number of fused-ring (bicyclic) bond motifs is 1. The molecule has 6 rings (SSSR count). The molecule has 0 unspecified atom stereocenters. The van der Waals surface area contributed by atoms with Gasteiger partial charge in [-0.2, -0.15) is 10.2 Å². The van der Waals surface area contributed by atoms with Gasteiger partial charge < -0.3 is 9.15 Å². The lowest BCUT2D eigenvalue weighted by Gasteiger charge is -2.20. The average Bonchev–Trinajstić information content (AvgIpc) is 3.50. The van der Waals surface area contributed by atoms with Crippen LogP contribution in [0.4, 0.5) is 22.7 Å². The monoisotopic (exact) mass is 550 g/mol. The summed E-state index contributed by atoms with van der Waals surface area (Å²) in [7, 11) is 1.64. The van der Waals surface area contributed by atoms with Crippen LogP contribution in [0, 0.1) is 0 Å². The molecule has 5 aromatic carbocycles. The van der Waals surface area contributed by atoms with Gasteiger partial charge in [-0.3, -0.25) is 0 Å². The third kappa shape index (κ3) is 5.78. The molecule has 0 N–H and O–H groups in total. The molecule has 0 saturated carbocycles. The maximum atomic E-state index is 6.31. The van der Waals surface area contributed by atoms with Gasteiger partial charge in [0.05, 0.1) is 36.1 Å². The Morgan fingerprint density at radius 1 is 0.643 bits per heavy atom. The molecular formula is C36H30N4O2. The number of benzene rings is 5. The van der Waals surface area contributed by atoms with Gasteiger partial charge in [0, 0.05) is 5.39 Å². The number of para-hydroxylation sites is 4. The van der Waals surface area contributed by atoms with Crippen LogP contribution in [-0.4, -0.2) is 19.0 Å². The highest BCUT2D eigenvalue weighted by Crippen LogP contribution is 2.32. The van der Waals surface area contributed by atoms with Crippen LogP contribution in [0.2, 0.25) is 0 Å². The van der Waals surface area contributed by atoms with Crippen LogP contribution in [0.25, 0.3) is 11.0 Å². The Balaban J connectivity index is 1.36. The third-order valence-electron chi connectivity index (χ3n) is 6.76. The first kappa shape index (κ1) is 26.6. The molecule has 0 bridgehead atoms. The lowest BCUT2D eigenvalue weighted by molar-refractivity contribution is 0.410. The van der Waals surface area contributed by atoms with Gasteiger partial charge in [-0.05, 0) is 79.2 Å². The number of methoxy groups -OCH3 is 1. The highest BCUT2D eigenvalue weighted by molar-refractivity contribution is 6.02. The van der Waals surface area contributed by atoms with Crippen LogP contribution in [0.1, 0.15) is 18.2 Å². The zero-order chi connectivity index (χ0) is 28.7. The van der Waals surface area contributed by atoms with E-state index in [4.69, 9.17) is 19.4 Å². The molecule has 0 radical (unpaired) electrons. The van der Waals surface area contributed by atoms with E-state index in [0.29, 0.717) is 17.1 Å². The maximum absolute atomic E-state index is 6.31. The van der Waals surface area contributed by atoms with Crippen LogP contribution in [0.15, 0.2) is 154 Å². The third-order valence-corrected chi connectivity index (χ3v) is 6.76. The molecule has 0 saturated heterocycles. The summed E-state index contributed by atoms with van der Waals surface area (Å²) in [5, 5.41) is 14.6. The summed E-state index contributed by atoms with van der Waals surface area (Å²) in [6.07, 6.45) is 1.84. The van der Waals surface area contributed by atoms with Gasteiger partial charge in [0.25, 0.3) is 0 Å². The fraction of sp³-hybridized carbons (Fsp3) is 0.0556. The minimum Gasteiger partial charge on any atom is -0.493 e. The summed E-state index contributed by atoms with van der Waals surface area (Å²) in [6, 6.07) is 46.2. The van der Waals surface area contributed by atoms with E-state index in [1.807, 2.05) is 163 Å². The Morgan fingerprint density at radius 2 is 1.12 bits per heavy atom. The van der Waals surface area contributed by atoms with E-state index >= 15 is 0 Å². The number of ether oxygens (including phenoxy) is 1. The summed E-state index contributed by atoms with van der Waals surface area (Å²) < 4.78 is 12.0. The number of nitrogens with zero attached hydrogens (tertiary/aromatic N) is 4. The molecule has 42 heavy (non-hydrogen) atoms. The van der Waals surface area contributed by atoms with Crippen molar-refractivity contribution in [3.8, 4) is 5.75 Å². The van der Waals surface area contributed by atoms with Crippen molar-refractivity contribution in [2.24, 2.45) is 10.2 Å². The minimum atomic E-state index is 0.627. The summed E-state index contributed by atoms with van der Waals surface area (Å²) >= 11 is 0. The Labute approximate surface area is 245 Å². The first-order chi connectivity index (χ1) is 20.7. The second-order valence-electron chi connectivity index (χ2n) is 9.65. The van der Waals surface area contributed by atoms with Crippen LogP contribution in [-0.2, 0) is 0 Å². The molecule has 0 aliphatic heterocycles. The quantitative estimate of drug-likeness (QED) is 0.133. The lowest BCUT2D eigenvalue weighted by Crippen LogP contribution is -2.12. The number of hydrogen-bond acceptors (Lipinski definition) is 6. The number of rotatable bonds is 9. The molecule has 0 atom stereocenters. The molecule has 6 aromatic rings. The first-order valence-corrected chi connectivity index (χ1v) is 13.7. The summed E-state index contributed by atoms with van der Waals surface area (Å²) in [5.74, 6) is 1.28. The van der Waals surface area contributed by atoms with Gasteiger partial charge in [-0.1, -0.05) is 72.8 Å². The smallest absolute Gasteiger partial charge is 0.176 e. The SMILES string of the molecule is COc1cc(/C=N/N(c2ccccc2)c2ccccc2)cc2cc(/C(C)=N/N(c3ccccc3)c3ccccc3)oc12. The van der Waals surface area contributed by atoms with Gasteiger partial charge in [0.15, 0.2) is 17.1 Å². The number of furan rings is 1. The van der Waals surface area contributed by atoms with Crippen molar-refractivity contribution in [3.63, 3.8) is 0 Å². The molecule has 0 aliphatic carbocycles. The fourth-order valence-electron chi connectivity index (χ4n) is 4.69. The van der Waals surface area contributed by atoms with Gasteiger partial charge in [-0.15, -0.1) is 0 Å². The normalized spacial score (nSPS) is 11.6. The molecule has 0 amide bonds. The highest BCUT2D eigenvalue weighted by Gasteiger charge is 2.15. The van der Waals surface area contributed by atoms with Crippen molar-refractivity contribution in [2.45, 2.75) is 6.92 Å². The zero-order valence-electron chi connectivity index (χ0n) is 23.5. The van der Waals surface area contributed by atoms with Crippen molar-refractivity contribution in [3.05, 3.63) is 151 Å². The van der Waals surface area contributed by atoms with Gasteiger partial charge in [0.1, 0.15) is 5.71 Å². The zero-order valence-corrected chi connectivity index (χ0v) is 23.5. The summed E-state index contributed by atoms with van der Waals surface area (Å²) in [5.41, 5.74) is 6.11. The largest absolute Gasteiger partial charge is 0.493 e. The number of anilines is 4. The molecule has 1 aromatic heterocycles. The van der Waals surface area contributed by atoms with E-state index in [9.17, 15) is 0 Å². The molecule has 6 nitrogen and oxygen atoms in total. The van der Waals surface area contributed by atoms with Crippen molar-refractivity contribution in [1.82, 2.24) is 0 Å². The number of hydrazone groups is 2. The summed E-state index contributed by atoms with van der Waals surface area (Å²) in [6.45, 7) is 1.95. The standard InChI is InChI=1S/C36H30N4O2/c1-27(38-40(32-19-11-5-12-20-32)33-21-13-6-14-22-33)34-25-29-23-28(24-35(41-2)36(29)42-34)26-37-39(30-15-7-3-8-16-30)31-17-9-4-10-18-31/h3-26H,1-2H3/b37-26+,38-27+. The van der Waals surface area contributed by atoms with Crippen molar-refractivity contribution < 1.29 is 9.15 Å². The van der Waals surface area contributed by atoms with Crippen molar-refractivity contribution in [1.29, 1.82) is 0 Å². The number of hydrogen-bond donors (Lipinski definition) is 0. The van der Waals surface area contributed by atoms with E-state index in [2.05, 4.69) is 0 Å². The van der Waals surface area contributed by atoms with Gasteiger partial charge in [-0.25, -0.2) is 10.0 Å². The van der Waals surface area contributed by atoms with E-state index in [-0.39, 0.29) is 0 Å². The molecule has 0 fully saturated rings. The predicted molar refractivity (Wildman–Crippen MR) is 173 cm³/mol. The first-order valence-electron chi connectivity index (χ1n) is 13.7. The Hall–Kier alpha value is -5.62. The molecule has 0 aliphatic rings. The predicted octanol–water partition coefficient (Wildman–Crippen LogP) is 9.18. The second-order valence-corrected chi connectivity index (χ2v) is 9.65. The second kappa shape index (κ2) is 12.3. The van der Waals surface area contributed by atoms with E-state index in [0.717, 1.165) is 39.4 Å². The van der Waals surface area contributed by atoms with Crippen molar-refractivity contribution >= 4 is 45.6 Å². The van der Waals surface area contributed by atoms with Crippen LogP contribution < -0.4 is 14.8 Å². The topological polar surface area (TPSA) is 53.6 Å². The van der Waals surface area contributed by atoms with Crippen LogP contribution >= 0.6 is 0 Å². The Morgan fingerprint density at radius 3 is 1.60 bits per heavy atom. The van der Waals surface area contributed by atoms with Crippen LogP contribution in [0.5, 0.6) is 5.75 Å². The van der Waals surface area contributed by atoms with E-state index < -0.39 is 0 Å².